The summed E-state index contributed by atoms with van der Waals surface area (Å²) in [5.74, 6) is -5.59. The van der Waals surface area contributed by atoms with E-state index < -0.39 is 83.4 Å². The Morgan fingerprint density at radius 3 is 2.48 bits per heavy atom. The highest BCUT2D eigenvalue weighted by atomic mass is 32.1. The van der Waals surface area contributed by atoms with Crippen molar-refractivity contribution in [2.45, 2.75) is 129 Å². The van der Waals surface area contributed by atoms with Crippen molar-refractivity contribution in [3.63, 3.8) is 0 Å². The van der Waals surface area contributed by atoms with Crippen LogP contribution in [0.4, 0.5) is 4.79 Å². The van der Waals surface area contributed by atoms with Crippen LogP contribution in [0.5, 0.6) is 0 Å². The van der Waals surface area contributed by atoms with Crippen molar-refractivity contribution in [1.82, 2.24) is 15.2 Å². The summed E-state index contributed by atoms with van der Waals surface area (Å²) >= 11 is 5.41. The summed E-state index contributed by atoms with van der Waals surface area (Å²) in [4.78, 5) is 62.8. The molecule has 3 fully saturated rings. The van der Waals surface area contributed by atoms with Crippen molar-refractivity contribution in [3.05, 3.63) is 48.2 Å². The van der Waals surface area contributed by atoms with Gasteiger partial charge in [0.2, 0.25) is 0 Å². The highest BCUT2D eigenvalue weighted by Gasteiger charge is 2.57. The van der Waals surface area contributed by atoms with E-state index in [4.69, 9.17) is 40.6 Å². The van der Waals surface area contributed by atoms with Crippen LogP contribution < -0.4 is 5.32 Å². The van der Waals surface area contributed by atoms with Crippen LogP contribution in [0.25, 0.3) is 17.0 Å². The number of aliphatic hydroxyl groups is 1. The quantitative estimate of drug-likeness (QED) is 0.197. The van der Waals surface area contributed by atoms with Gasteiger partial charge in [-0.25, -0.2) is 4.79 Å². The van der Waals surface area contributed by atoms with Gasteiger partial charge in [0.1, 0.15) is 42.2 Å². The third kappa shape index (κ3) is 9.71. The zero-order valence-corrected chi connectivity index (χ0v) is 35.9. The number of hydrogen-bond acceptors (Lipinski definition) is 14. The van der Waals surface area contributed by atoms with Crippen molar-refractivity contribution in [1.29, 1.82) is 0 Å². The number of Topliss-reactive ketones (excluding diaryl/α,β-unsaturated/α-hetero) is 2. The molecule has 3 aliphatic rings. The van der Waals surface area contributed by atoms with E-state index in [1.807, 2.05) is 63.2 Å². The number of aliphatic hydroxyl groups excluding tert-OH is 1. The van der Waals surface area contributed by atoms with Crippen molar-refractivity contribution < 1.29 is 52.7 Å². The summed E-state index contributed by atoms with van der Waals surface area (Å²) in [6, 6.07) is 8.58. The van der Waals surface area contributed by atoms with Crippen molar-refractivity contribution in [3.8, 4) is 0 Å². The van der Waals surface area contributed by atoms with E-state index in [0.29, 0.717) is 12.8 Å². The first kappa shape index (κ1) is 45.1. The zero-order valence-electron chi connectivity index (χ0n) is 35.1. The predicted octanol–water partition coefficient (Wildman–Crippen LogP) is 5.41. The maximum Gasteiger partial charge on any atom is 0.509 e. The van der Waals surface area contributed by atoms with Crippen LogP contribution >= 0.6 is 12.2 Å². The van der Waals surface area contributed by atoms with Crippen LogP contribution in [0.15, 0.2) is 42.6 Å². The molecule has 14 nitrogen and oxygen atoms in total. The largest absolute Gasteiger partial charge is 0.509 e. The SMILES string of the molecule is CC[C@H]1OC(=O)[C@H](C)C(=O)[C@H](C)[C@@H](O[C@@H]2O[C@H](C)C[C@H](N(C)C)[C@H]2O)[C@](C)(OC(=O)OCC=Cc2cnc3ccccc3c2)C[C@@H](C)C(=O)[C@H](C)[C@H]2NC(=S)O[C@@]21C. The van der Waals surface area contributed by atoms with E-state index in [1.54, 1.807) is 53.0 Å². The number of hydrogen-bond donors (Lipinski definition) is 2. The molecule has 0 aliphatic carbocycles. The number of ketones is 2. The van der Waals surface area contributed by atoms with Crippen LogP contribution in [0.1, 0.15) is 80.2 Å². The van der Waals surface area contributed by atoms with Crippen molar-refractivity contribution >= 4 is 58.1 Å². The Morgan fingerprint density at radius 1 is 1.09 bits per heavy atom. The molecule has 5 rings (SSSR count). The minimum absolute atomic E-state index is 0.0583. The lowest BCUT2D eigenvalue weighted by Gasteiger charge is -2.46. The van der Waals surface area contributed by atoms with E-state index in [2.05, 4.69) is 10.3 Å². The molecule has 2 N–H and O–H groups in total. The first-order valence-electron chi connectivity index (χ1n) is 20.1. The zero-order chi connectivity index (χ0) is 42.7. The second kappa shape index (κ2) is 18.5. The van der Waals surface area contributed by atoms with Crippen LogP contribution in [-0.2, 0) is 42.8 Å². The number of pyridine rings is 1. The van der Waals surface area contributed by atoms with Gasteiger partial charge in [-0.15, -0.1) is 0 Å². The normalized spacial score (nSPS) is 36.5. The Kier molecular flexibility index (Phi) is 14.4. The number of thiocarbonyl (C=S) groups is 1. The van der Waals surface area contributed by atoms with Gasteiger partial charge in [-0.3, -0.25) is 19.4 Å². The molecule has 2 aromatic rings. The van der Waals surface area contributed by atoms with Crippen LogP contribution in [0.2, 0.25) is 0 Å². The fraction of sp³-hybridized carbons (Fsp3) is 0.628. The minimum Gasteiger partial charge on any atom is -0.459 e. The first-order chi connectivity index (χ1) is 27.3. The number of carbonyl (C=O) groups is 4. The number of aromatic nitrogens is 1. The molecule has 0 radical (unpaired) electrons. The molecule has 3 saturated heterocycles. The number of benzene rings is 1. The van der Waals surface area contributed by atoms with Gasteiger partial charge >= 0.3 is 12.1 Å². The van der Waals surface area contributed by atoms with E-state index in [9.17, 15) is 24.3 Å². The van der Waals surface area contributed by atoms with Gasteiger partial charge in [-0.1, -0.05) is 52.0 Å². The number of cyclic esters (lactones) is 1. The Balaban J connectivity index is 1.51. The number of nitrogens with one attached hydrogen (secondary N) is 1. The third-order valence-electron chi connectivity index (χ3n) is 12.0. The van der Waals surface area contributed by atoms with Gasteiger partial charge in [0.05, 0.1) is 17.7 Å². The Labute approximate surface area is 346 Å². The number of fused-ring (bicyclic) bond motifs is 2. The molecule has 0 spiro atoms. The number of nitrogens with zero attached hydrogens (tertiary/aromatic N) is 2. The molecule has 15 heteroatoms. The standard InChI is InChI=1S/C43H59N3O11S/c1-11-32-43(8)36(45-40(58)56-43)25(4)33(47)23(2)21-42(7,57-41(51)52-18-14-15-28-20-29-16-12-13-17-30(29)44-22-28)37(26(5)34(48)27(6)38(50)54-32)55-39-35(49)31(46(9)10)19-24(3)53-39/h12-17,20,22-27,31-32,35-37,39,49H,11,18-19,21H2,1-10H3,(H,45,58)/t23-,24-,25+,26+,27-,31+,32-,35-,36-,37-,39+,42-,43-/m1/s1. The second-order valence-electron chi connectivity index (χ2n) is 16.7. The number of carbonyl (C=O) groups excluding carboxylic acids is 4. The highest BCUT2D eigenvalue weighted by Crippen LogP contribution is 2.40. The topological polar surface area (TPSA) is 172 Å². The number of likely N-dealkylation sites (N-methyl/N-ethyl adjacent to an activating group) is 1. The molecule has 318 valence electrons. The smallest absolute Gasteiger partial charge is 0.459 e. The summed E-state index contributed by atoms with van der Waals surface area (Å²) in [6.07, 6.45) is -0.308. The fourth-order valence-electron chi connectivity index (χ4n) is 8.78. The Morgan fingerprint density at radius 2 is 1.79 bits per heavy atom. The first-order valence-corrected chi connectivity index (χ1v) is 20.5. The van der Waals surface area contributed by atoms with Crippen molar-refractivity contribution in [2.24, 2.45) is 23.7 Å². The number of para-hydroxylation sites is 1. The Bertz CT molecular complexity index is 1880. The Hall–Kier alpha value is -4.02. The molecule has 58 heavy (non-hydrogen) atoms. The molecule has 1 aromatic heterocycles. The van der Waals surface area contributed by atoms with Crippen LogP contribution in [-0.4, -0.2) is 119 Å². The van der Waals surface area contributed by atoms with Gasteiger partial charge in [-0.2, -0.15) is 0 Å². The molecule has 0 amide bonds. The molecule has 0 bridgehead atoms. The minimum atomic E-state index is -1.76. The molecular formula is C43H59N3O11S. The monoisotopic (exact) mass is 825 g/mol. The van der Waals surface area contributed by atoms with Gasteiger partial charge in [0.15, 0.2) is 17.7 Å². The third-order valence-corrected chi connectivity index (χ3v) is 12.2. The summed E-state index contributed by atoms with van der Waals surface area (Å²) in [7, 11) is 3.66. The molecule has 13 atom stereocenters. The molecular weight excluding hydrogens is 767 g/mol. The molecule has 4 heterocycles. The summed E-state index contributed by atoms with van der Waals surface area (Å²) in [6.45, 7) is 13.3. The number of esters is 1. The van der Waals surface area contributed by atoms with Gasteiger partial charge < -0.3 is 43.7 Å². The lowest BCUT2D eigenvalue weighted by atomic mass is 9.73. The molecule has 3 aliphatic heterocycles. The van der Waals surface area contributed by atoms with Crippen LogP contribution in [0.3, 0.4) is 0 Å². The summed E-state index contributed by atoms with van der Waals surface area (Å²) < 4.78 is 36.6. The highest BCUT2D eigenvalue weighted by molar-refractivity contribution is 7.80. The molecule has 1 aromatic carbocycles. The summed E-state index contributed by atoms with van der Waals surface area (Å²) in [5.41, 5.74) is -1.36. The average molecular weight is 826 g/mol. The maximum atomic E-state index is 14.5. The van der Waals surface area contributed by atoms with E-state index in [-0.39, 0.29) is 36.1 Å². The van der Waals surface area contributed by atoms with Crippen LogP contribution in [0, 0.1) is 23.7 Å². The van der Waals surface area contributed by atoms with E-state index in [1.165, 1.54) is 6.92 Å². The predicted molar refractivity (Wildman–Crippen MR) is 219 cm³/mol. The average Bonchev–Trinajstić information content (AvgIpc) is 3.50. The lowest BCUT2D eigenvalue weighted by molar-refractivity contribution is -0.293. The number of ether oxygens (including phenoxy) is 6. The van der Waals surface area contributed by atoms with E-state index >= 15 is 0 Å². The fourth-order valence-corrected chi connectivity index (χ4v) is 9.09. The van der Waals surface area contributed by atoms with Crippen molar-refractivity contribution in [2.75, 3.05) is 20.7 Å². The number of rotatable bonds is 8. The van der Waals surface area contributed by atoms with Gasteiger partial charge in [0, 0.05) is 35.4 Å². The summed E-state index contributed by atoms with van der Waals surface area (Å²) in [5, 5.41) is 15.7. The van der Waals surface area contributed by atoms with Gasteiger partial charge in [-0.05, 0) is 97.0 Å². The molecule has 0 saturated carbocycles. The lowest BCUT2D eigenvalue weighted by Crippen LogP contribution is -2.60. The van der Waals surface area contributed by atoms with Gasteiger partial charge in [0.25, 0.3) is 5.17 Å². The molecule has 0 unspecified atom stereocenters. The second-order valence-corrected chi connectivity index (χ2v) is 17.1. The maximum absolute atomic E-state index is 14.5. The van der Waals surface area contributed by atoms with E-state index in [0.717, 1.165) is 16.5 Å².